The second-order valence-corrected chi connectivity index (χ2v) is 4.54. The third-order valence-electron chi connectivity index (χ3n) is 2.90. The smallest absolute Gasteiger partial charge is 0.273 e. The minimum Gasteiger partial charge on any atom is -0.294 e. The molecule has 2 rings (SSSR count). The maximum absolute atomic E-state index is 13.3. The lowest BCUT2D eigenvalue weighted by Gasteiger charge is -2.03. The molecule has 0 fully saturated rings. The molecule has 4 nitrogen and oxygen atoms in total. The van der Waals surface area contributed by atoms with Crippen LogP contribution in [0.25, 0.3) is 0 Å². The first kappa shape index (κ1) is 13.9. The Labute approximate surface area is 115 Å². The lowest BCUT2D eigenvalue weighted by molar-refractivity contribution is -0.385. The largest absolute Gasteiger partial charge is 0.294 e. The first-order valence-electron chi connectivity index (χ1n) is 5.99. The van der Waals surface area contributed by atoms with Crippen molar-refractivity contribution in [2.45, 2.75) is 13.3 Å². The number of carbonyl (C=O) groups excluding carboxylic acids is 1. The van der Waals surface area contributed by atoms with Gasteiger partial charge >= 0.3 is 0 Å². The number of aryl methyl sites for hydroxylation is 1. The van der Waals surface area contributed by atoms with E-state index in [4.69, 9.17) is 0 Å². The van der Waals surface area contributed by atoms with Crippen molar-refractivity contribution in [2.75, 3.05) is 0 Å². The summed E-state index contributed by atoms with van der Waals surface area (Å²) in [4.78, 5) is 22.0. The van der Waals surface area contributed by atoms with Crippen LogP contribution in [0.1, 0.15) is 21.5 Å². The van der Waals surface area contributed by atoms with Crippen LogP contribution >= 0.6 is 0 Å². The number of nitro benzene ring substituents is 1. The van der Waals surface area contributed by atoms with Gasteiger partial charge in [0.25, 0.3) is 5.69 Å². The van der Waals surface area contributed by atoms with Crippen molar-refractivity contribution in [3.63, 3.8) is 0 Å². The van der Waals surface area contributed by atoms with E-state index in [0.717, 1.165) is 29.3 Å². The van der Waals surface area contributed by atoms with Gasteiger partial charge in [-0.15, -0.1) is 0 Å². The first-order chi connectivity index (χ1) is 9.45. The zero-order valence-corrected chi connectivity index (χ0v) is 10.8. The number of nitro groups is 1. The third-order valence-corrected chi connectivity index (χ3v) is 2.90. The molecule has 0 bridgehead atoms. The summed E-state index contributed by atoms with van der Waals surface area (Å²) in [5.74, 6) is -1.14. The minimum absolute atomic E-state index is 0.0114. The van der Waals surface area contributed by atoms with Crippen LogP contribution in [0.2, 0.25) is 0 Å². The van der Waals surface area contributed by atoms with E-state index in [1.54, 1.807) is 12.1 Å². The number of hydrogen-bond donors (Lipinski definition) is 0. The molecule has 2 aromatic carbocycles. The van der Waals surface area contributed by atoms with E-state index in [0.29, 0.717) is 0 Å². The number of non-ortho nitro benzene ring substituents is 1. The summed E-state index contributed by atoms with van der Waals surface area (Å²) in [6.07, 6.45) is 0.0842. The summed E-state index contributed by atoms with van der Waals surface area (Å²) in [6.45, 7) is 1.93. The van der Waals surface area contributed by atoms with E-state index in [1.165, 1.54) is 0 Å². The van der Waals surface area contributed by atoms with Gasteiger partial charge in [-0.3, -0.25) is 14.9 Å². The van der Waals surface area contributed by atoms with Gasteiger partial charge in [0.1, 0.15) is 5.82 Å². The number of nitrogens with zero attached hydrogens (tertiary/aromatic N) is 1. The molecule has 0 aromatic heterocycles. The molecule has 0 saturated carbocycles. The van der Waals surface area contributed by atoms with Crippen LogP contribution in [0.3, 0.4) is 0 Å². The summed E-state index contributed by atoms with van der Waals surface area (Å²) in [6, 6.07) is 10.3. The minimum atomic E-state index is -0.786. The van der Waals surface area contributed by atoms with Crippen molar-refractivity contribution in [3.8, 4) is 0 Å². The van der Waals surface area contributed by atoms with Crippen LogP contribution in [0.15, 0.2) is 42.5 Å². The highest BCUT2D eigenvalue weighted by Gasteiger charge is 2.15. The average Bonchev–Trinajstić information content (AvgIpc) is 2.40. The summed E-state index contributed by atoms with van der Waals surface area (Å²) in [5.41, 5.74) is 1.45. The molecule has 0 unspecified atom stereocenters. The van der Waals surface area contributed by atoms with Gasteiger partial charge in [0.15, 0.2) is 5.78 Å². The molecule has 0 N–H and O–H groups in total. The van der Waals surface area contributed by atoms with Crippen LogP contribution in [0.4, 0.5) is 10.1 Å². The Morgan fingerprint density at radius 3 is 2.45 bits per heavy atom. The maximum atomic E-state index is 13.3. The fourth-order valence-corrected chi connectivity index (χ4v) is 1.83. The second-order valence-electron chi connectivity index (χ2n) is 4.54. The highest BCUT2D eigenvalue weighted by Crippen LogP contribution is 2.18. The molecule has 2 aromatic rings. The normalized spacial score (nSPS) is 10.3. The standard InChI is InChI=1S/C15H12FNO3/c1-10-2-4-11(5-3-10)6-15(18)12-7-13(16)9-14(8-12)17(19)20/h2-5,7-9H,6H2,1H3. The molecular formula is C15H12FNO3. The quantitative estimate of drug-likeness (QED) is 0.487. The van der Waals surface area contributed by atoms with Crippen LogP contribution in [-0.4, -0.2) is 10.7 Å². The summed E-state index contributed by atoms with van der Waals surface area (Å²) < 4.78 is 13.3. The zero-order valence-electron chi connectivity index (χ0n) is 10.8. The van der Waals surface area contributed by atoms with Crippen LogP contribution in [0, 0.1) is 22.9 Å². The molecule has 0 aliphatic heterocycles. The van der Waals surface area contributed by atoms with Crippen LogP contribution < -0.4 is 0 Å². The molecule has 0 aliphatic carbocycles. The number of halogens is 1. The van der Waals surface area contributed by atoms with Gasteiger partial charge in [-0.1, -0.05) is 29.8 Å². The predicted octanol–water partition coefficient (Wildman–Crippen LogP) is 3.47. The first-order valence-corrected chi connectivity index (χ1v) is 5.99. The number of rotatable bonds is 4. The summed E-state index contributed by atoms with van der Waals surface area (Å²) >= 11 is 0. The number of ketones is 1. The fourth-order valence-electron chi connectivity index (χ4n) is 1.83. The molecule has 0 saturated heterocycles. The van der Waals surface area contributed by atoms with Gasteiger partial charge in [-0.05, 0) is 18.6 Å². The Kier molecular flexibility index (Phi) is 3.89. The highest BCUT2D eigenvalue weighted by atomic mass is 19.1. The monoisotopic (exact) mass is 273 g/mol. The molecular weight excluding hydrogens is 261 g/mol. The van der Waals surface area contributed by atoms with Crippen molar-refractivity contribution < 1.29 is 14.1 Å². The fraction of sp³-hybridized carbons (Fsp3) is 0.133. The van der Waals surface area contributed by atoms with E-state index in [9.17, 15) is 19.3 Å². The second kappa shape index (κ2) is 5.61. The molecule has 0 atom stereocenters. The molecule has 20 heavy (non-hydrogen) atoms. The Hall–Kier alpha value is -2.56. The van der Waals surface area contributed by atoms with E-state index >= 15 is 0 Å². The van der Waals surface area contributed by atoms with Gasteiger partial charge in [-0.2, -0.15) is 0 Å². The van der Waals surface area contributed by atoms with Gasteiger partial charge in [-0.25, -0.2) is 4.39 Å². The number of hydrogen-bond acceptors (Lipinski definition) is 3. The van der Waals surface area contributed by atoms with Gasteiger partial charge < -0.3 is 0 Å². The maximum Gasteiger partial charge on any atom is 0.273 e. The Morgan fingerprint density at radius 1 is 1.20 bits per heavy atom. The lowest BCUT2D eigenvalue weighted by Crippen LogP contribution is -2.05. The number of benzene rings is 2. The van der Waals surface area contributed by atoms with Crippen molar-refractivity contribution >= 4 is 11.5 Å². The van der Waals surface area contributed by atoms with Crippen LogP contribution in [-0.2, 0) is 6.42 Å². The molecule has 0 aliphatic rings. The summed E-state index contributed by atoms with van der Waals surface area (Å²) in [5, 5.41) is 10.7. The van der Waals surface area contributed by atoms with Gasteiger partial charge in [0.2, 0.25) is 0 Å². The Bertz CT molecular complexity index is 665. The molecule has 0 amide bonds. The van der Waals surface area contributed by atoms with Gasteiger partial charge in [0, 0.05) is 18.1 Å². The SMILES string of the molecule is Cc1ccc(CC(=O)c2cc(F)cc([N+](=O)[O-])c2)cc1. The van der Waals surface area contributed by atoms with Crippen LogP contribution in [0.5, 0.6) is 0 Å². The lowest BCUT2D eigenvalue weighted by atomic mass is 10.0. The third kappa shape index (κ3) is 3.26. The van der Waals surface area contributed by atoms with Gasteiger partial charge in [0.05, 0.1) is 11.0 Å². The van der Waals surface area contributed by atoms with Crippen molar-refractivity contribution in [1.82, 2.24) is 0 Å². The van der Waals surface area contributed by atoms with E-state index in [-0.39, 0.29) is 17.8 Å². The molecule has 0 spiro atoms. The van der Waals surface area contributed by atoms with Crippen molar-refractivity contribution in [3.05, 3.63) is 75.1 Å². The predicted molar refractivity (Wildman–Crippen MR) is 72.3 cm³/mol. The Morgan fingerprint density at radius 2 is 1.85 bits per heavy atom. The molecule has 0 radical (unpaired) electrons. The van der Waals surface area contributed by atoms with Crippen molar-refractivity contribution in [2.24, 2.45) is 0 Å². The summed E-state index contributed by atoms with van der Waals surface area (Å²) in [7, 11) is 0. The van der Waals surface area contributed by atoms with E-state index < -0.39 is 16.4 Å². The molecule has 5 heteroatoms. The molecule has 102 valence electrons. The number of Topliss-reactive ketones (excluding diaryl/α,β-unsaturated/α-hetero) is 1. The average molecular weight is 273 g/mol. The molecule has 0 heterocycles. The van der Waals surface area contributed by atoms with Crippen molar-refractivity contribution in [1.29, 1.82) is 0 Å². The van der Waals surface area contributed by atoms with E-state index in [2.05, 4.69) is 0 Å². The highest BCUT2D eigenvalue weighted by molar-refractivity contribution is 5.98. The zero-order chi connectivity index (χ0) is 14.7. The van der Waals surface area contributed by atoms with E-state index in [1.807, 2.05) is 19.1 Å². The number of carbonyl (C=O) groups is 1. The topological polar surface area (TPSA) is 60.2 Å². The Balaban J connectivity index is 2.25.